The number of fused-ring (bicyclic) bond motifs is 3. The molecule has 1 amide bonds. The summed E-state index contributed by atoms with van der Waals surface area (Å²) in [6.07, 6.45) is -5.82. The molecule has 3 aromatic carbocycles. The largest absolute Gasteiger partial charge is 0.496 e. The summed E-state index contributed by atoms with van der Waals surface area (Å²) < 4.78 is 63.3. The smallest absolute Gasteiger partial charge is 0.471 e. The second kappa shape index (κ2) is 7.37. The zero-order chi connectivity index (χ0) is 21.5. The van der Waals surface area contributed by atoms with Gasteiger partial charge in [0.1, 0.15) is 23.4 Å². The lowest BCUT2D eigenvalue weighted by molar-refractivity contribution is -0.167. The van der Waals surface area contributed by atoms with Gasteiger partial charge in [0.2, 0.25) is 0 Å². The zero-order valence-electron chi connectivity index (χ0n) is 15.6. The number of carbonyl (C=O) groups excluding carboxylic acids is 1. The van der Waals surface area contributed by atoms with Crippen molar-refractivity contribution >= 4 is 11.6 Å². The summed E-state index contributed by atoms with van der Waals surface area (Å²) >= 11 is 0. The standard InChI is InChI=1S/C22H15F4NO3/c1-29-17-6-3-7-18-19(17)15-9-8-14(27-21(28)22(24,25)26)11-16(15)20(30-18)12-4-2-5-13(23)10-12/h2-11,20H,1H3,(H,27,28). The number of methoxy groups -OCH3 is 1. The van der Waals surface area contributed by atoms with Gasteiger partial charge < -0.3 is 14.8 Å². The van der Waals surface area contributed by atoms with Crippen LogP contribution in [-0.2, 0) is 4.79 Å². The normalized spacial score (nSPS) is 14.9. The summed E-state index contributed by atoms with van der Waals surface area (Å²) in [7, 11) is 1.49. The molecule has 0 aromatic heterocycles. The third kappa shape index (κ3) is 3.56. The number of hydrogen-bond acceptors (Lipinski definition) is 3. The van der Waals surface area contributed by atoms with Crippen molar-refractivity contribution in [2.24, 2.45) is 0 Å². The summed E-state index contributed by atoms with van der Waals surface area (Å²) in [5.41, 5.74) is 2.16. The van der Waals surface area contributed by atoms with Gasteiger partial charge in [0, 0.05) is 11.3 Å². The maximum Gasteiger partial charge on any atom is 0.471 e. The summed E-state index contributed by atoms with van der Waals surface area (Å²) in [6.45, 7) is 0. The van der Waals surface area contributed by atoms with E-state index in [1.54, 1.807) is 30.3 Å². The van der Waals surface area contributed by atoms with Gasteiger partial charge in [-0.25, -0.2) is 4.39 Å². The SMILES string of the molecule is COc1cccc2c1-c1ccc(NC(=O)C(F)(F)F)cc1C(c1cccc(F)c1)O2. The Morgan fingerprint density at radius 1 is 1.07 bits per heavy atom. The predicted molar refractivity (Wildman–Crippen MR) is 102 cm³/mol. The molecule has 0 radical (unpaired) electrons. The van der Waals surface area contributed by atoms with E-state index in [4.69, 9.17) is 9.47 Å². The number of amides is 1. The van der Waals surface area contributed by atoms with E-state index in [1.165, 1.54) is 37.4 Å². The van der Waals surface area contributed by atoms with Crippen molar-refractivity contribution in [3.05, 3.63) is 77.6 Å². The Balaban J connectivity index is 1.87. The number of carbonyl (C=O) groups is 1. The topological polar surface area (TPSA) is 47.6 Å². The lowest BCUT2D eigenvalue weighted by atomic mass is 9.88. The van der Waals surface area contributed by atoms with Crippen LogP contribution in [0.3, 0.4) is 0 Å². The van der Waals surface area contributed by atoms with Crippen molar-refractivity contribution in [1.29, 1.82) is 0 Å². The molecule has 0 bridgehead atoms. The lowest BCUT2D eigenvalue weighted by Gasteiger charge is -2.30. The fourth-order valence-corrected chi connectivity index (χ4v) is 3.44. The molecular formula is C22H15F4NO3. The van der Waals surface area contributed by atoms with Gasteiger partial charge in [-0.15, -0.1) is 0 Å². The Kier molecular flexibility index (Phi) is 4.85. The van der Waals surface area contributed by atoms with E-state index in [9.17, 15) is 22.4 Å². The highest BCUT2D eigenvalue weighted by Crippen LogP contribution is 2.49. The highest BCUT2D eigenvalue weighted by atomic mass is 19.4. The summed E-state index contributed by atoms with van der Waals surface area (Å²) in [4.78, 5) is 11.4. The molecule has 4 nitrogen and oxygen atoms in total. The van der Waals surface area contributed by atoms with E-state index >= 15 is 0 Å². The van der Waals surface area contributed by atoms with E-state index in [-0.39, 0.29) is 5.69 Å². The number of nitrogens with one attached hydrogen (secondary N) is 1. The second-order valence-corrected chi connectivity index (χ2v) is 6.64. The molecule has 0 saturated carbocycles. The van der Waals surface area contributed by atoms with Crippen molar-refractivity contribution in [3.63, 3.8) is 0 Å². The summed E-state index contributed by atoms with van der Waals surface area (Å²) in [5, 5.41) is 1.84. The number of anilines is 1. The number of halogens is 4. The monoisotopic (exact) mass is 417 g/mol. The molecule has 1 heterocycles. The fraction of sp³-hybridized carbons (Fsp3) is 0.136. The number of alkyl halides is 3. The highest BCUT2D eigenvalue weighted by Gasteiger charge is 2.39. The van der Waals surface area contributed by atoms with Crippen molar-refractivity contribution in [2.45, 2.75) is 12.3 Å². The molecule has 30 heavy (non-hydrogen) atoms. The molecule has 0 spiro atoms. The number of benzene rings is 3. The lowest BCUT2D eigenvalue weighted by Crippen LogP contribution is -2.30. The predicted octanol–water partition coefficient (Wildman–Crippen LogP) is 5.48. The van der Waals surface area contributed by atoms with Crippen molar-refractivity contribution in [2.75, 3.05) is 12.4 Å². The molecule has 0 saturated heterocycles. The maximum absolute atomic E-state index is 13.8. The second-order valence-electron chi connectivity index (χ2n) is 6.64. The van der Waals surface area contributed by atoms with Crippen LogP contribution in [0.4, 0.5) is 23.2 Å². The molecule has 4 rings (SSSR count). The van der Waals surface area contributed by atoms with Crippen LogP contribution in [0.25, 0.3) is 11.1 Å². The van der Waals surface area contributed by atoms with Crippen LogP contribution in [0.1, 0.15) is 17.2 Å². The molecule has 1 N–H and O–H groups in total. The van der Waals surface area contributed by atoms with E-state index in [0.717, 1.165) is 0 Å². The number of ether oxygens (including phenoxy) is 2. The minimum atomic E-state index is -5.02. The van der Waals surface area contributed by atoms with Gasteiger partial charge >= 0.3 is 12.1 Å². The first-order chi connectivity index (χ1) is 14.3. The quantitative estimate of drug-likeness (QED) is 0.574. The molecule has 1 aliphatic rings. The van der Waals surface area contributed by atoms with Gasteiger partial charge in [0.05, 0.1) is 12.7 Å². The minimum Gasteiger partial charge on any atom is -0.496 e. The van der Waals surface area contributed by atoms with E-state index in [1.807, 2.05) is 5.32 Å². The first-order valence-electron chi connectivity index (χ1n) is 8.89. The van der Waals surface area contributed by atoms with Crippen LogP contribution in [0, 0.1) is 5.82 Å². The molecule has 1 unspecified atom stereocenters. The van der Waals surface area contributed by atoms with E-state index in [2.05, 4.69) is 0 Å². The van der Waals surface area contributed by atoms with Gasteiger partial charge in [-0.2, -0.15) is 13.2 Å². The highest BCUT2D eigenvalue weighted by molar-refractivity contribution is 5.95. The van der Waals surface area contributed by atoms with Gasteiger partial charge in [0.15, 0.2) is 0 Å². The fourth-order valence-electron chi connectivity index (χ4n) is 3.44. The molecule has 0 aliphatic carbocycles. The average Bonchev–Trinajstić information content (AvgIpc) is 2.71. The number of hydrogen-bond donors (Lipinski definition) is 1. The van der Waals surface area contributed by atoms with Gasteiger partial charge in [-0.3, -0.25) is 4.79 Å². The van der Waals surface area contributed by atoms with Crippen molar-refractivity contribution < 1.29 is 31.8 Å². The minimum absolute atomic E-state index is 0.0561. The third-order valence-corrected chi connectivity index (χ3v) is 4.72. The first kappa shape index (κ1) is 19.8. The third-order valence-electron chi connectivity index (χ3n) is 4.72. The zero-order valence-corrected chi connectivity index (χ0v) is 15.6. The molecule has 154 valence electrons. The Hall–Kier alpha value is -3.55. The molecular weight excluding hydrogens is 402 g/mol. The Labute approximate surface area is 169 Å². The van der Waals surface area contributed by atoms with Crippen LogP contribution in [0.15, 0.2) is 60.7 Å². The summed E-state index contributed by atoms with van der Waals surface area (Å²) in [5.74, 6) is -1.56. The van der Waals surface area contributed by atoms with Crippen LogP contribution < -0.4 is 14.8 Å². The molecule has 1 atom stereocenters. The first-order valence-corrected chi connectivity index (χ1v) is 8.89. The van der Waals surface area contributed by atoms with Gasteiger partial charge in [-0.1, -0.05) is 24.3 Å². The molecule has 3 aromatic rings. The van der Waals surface area contributed by atoms with E-state index < -0.39 is 24.0 Å². The number of rotatable bonds is 3. The van der Waals surface area contributed by atoms with Gasteiger partial charge in [0.25, 0.3) is 0 Å². The van der Waals surface area contributed by atoms with Crippen LogP contribution in [0.2, 0.25) is 0 Å². The maximum atomic E-state index is 13.8. The molecule has 0 fully saturated rings. The Morgan fingerprint density at radius 2 is 1.83 bits per heavy atom. The van der Waals surface area contributed by atoms with Gasteiger partial charge in [-0.05, 0) is 47.5 Å². The summed E-state index contributed by atoms with van der Waals surface area (Å²) in [6, 6.07) is 15.3. The Morgan fingerprint density at radius 3 is 2.53 bits per heavy atom. The van der Waals surface area contributed by atoms with Crippen LogP contribution in [-0.4, -0.2) is 19.2 Å². The Bertz CT molecular complexity index is 1130. The van der Waals surface area contributed by atoms with Crippen LogP contribution >= 0.6 is 0 Å². The van der Waals surface area contributed by atoms with Crippen molar-refractivity contribution in [1.82, 2.24) is 0 Å². The molecule has 1 aliphatic heterocycles. The van der Waals surface area contributed by atoms with Crippen molar-refractivity contribution in [3.8, 4) is 22.6 Å². The molecule has 8 heteroatoms. The van der Waals surface area contributed by atoms with E-state index in [0.29, 0.717) is 33.8 Å². The van der Waals surface area contributed by atoms with Crippen LogP contribution in [0.5, 0.6) is 11.5 Å². The average molecular weight is 417 g/mol.